The van der Waals surface area contributed by atoms with Crippen molar-refractivity contribution < 1.29 is 4.74 Å². The summed E-state index contributed by atoms with van der Waals surface area (Å²) in [7, 11) is 1.69. The SMILES string of the molecule is COc1cc(C)cc(/C=C\c2ccncc2)c1. The summed E-state index contributed by atoms with van der Waals surface area (Å²) in [6.07, 6.45) is 7.72. The van der Waals surface area contributed by atoms with Crippen LogP contribution < -0.4 is 4.74 Å². The number of ether oxygens (including phenoxy) is 1. The normalized spacial score (nSPS) is 10.7. The van der Waals surface area contributed by atoms with Crippen molar-refractivity contribution in [2.24, 2.45) is 0 Å². The van der Waals surface area contributed by atoms with Crippen LogP contribution in [0.1, 0.15) is 16.7 Å². The number of nitrogens with zero attached hydrogens (tertiary/aromatic N) is 1. The summed E-state index contributed by atoms with van der Waals surface area (Å²) >= 11 is 0. The maximum atomic E-state index is 5.24. The van der Waals surface area contributed by atoms with Crippen LogP contribution in [0.2, 0.25) is 0 Å². The Morgan fingerprint density at radius 3 is 2.41 bits per heavy atom. The summed E-state index contributed by atoms with van der Waals surface area (Å²) in [6, 6.07) is 10.1. The Morgan fingerprint density at radius 2 is 1.71 bits per heavy atom. The highest BCUT2D eigenvalue weighted by Crippen LogP contribution is 2.18. The second-order valence-electron chi connectivity index (χ2n) is 3.90. The average Bonchev–Trinajstić information content (AvgIpc) is 2.37. The minimum atomic E-state index is 0.888. The molecule has 2 nitrogen and oxygen atoms in total. The van der Waals surface area contributed by atoms with Gasteiger partial charge < -0.3 is 4.74 Å². The van der Waals surface area contributed by atoms with Crippen LogP contribution in [0.4, 0.5) is 0 Å². The van der Waals surface area contributed by atoms with Crippen LogP contribution in [0.25, 0.3) is 12.2 Å². The number of hydrogen-bond donors (Lipinski definition) is 0. The van der Waals surface area contributed by atoms with E-state index in [0.717, 1.165) is 16.9 Å². The lowest BCUT2D eigenvalue weighted by Crippen LogP contribution is -1.85. The minimum absolute atomic E-state index is 0.888. The fourth-order valence-corrected chi connectivity index (χ4v) is 1.66. The molecule has 1 heterocycles. The molecule has 86 valence electrons. The number of hydrogen-bond acceptors (Lipinski definition) is 2. The Hall–Kier alpha value is -2.09. The molecule has 0 aliphatic heterocycles. The van der Waals surface area contributed by atoms with Gasteiger partial charge in [0.1, 0.15) is 5.75 Å². The summed E-state index contributed by atoms with van der Waals surface area (Å²) in [5.74, 6) is 0.888. The molecule has 0 N–H and O–H groups in total. The predicted octanol–water partition coefficient (Wildman–Crippen LogP) is 3.57. The highest BCUT2D eigenvalue weighted by molar-refractivity contribution is 5.70. The molecule has 1 aromatic carbocycles. The summed E-state index contributed by atoms with van der Waals surface area (Å²) in [5.41, 5.74) is 3.47. The molecule has 2 heteroatoms. The molecule has 1 aromatic heterocycles. The molecule has 17 heavy (non-hydrogen) atoms. The third-order valence-corrected chi connectivity index (χ3v) is 2.48. The first-order chi connectivity index (χ1) is 8.28. The van der Waals surface area contributed by atoms with Crippen LogP contribution in [0.5, 0.6) is 5.75 Å². The quantitative estimate of drug-likeness (QED) is 0.796. The summed E-state index contributed by atoms with van der Waals surface area (Å²) < 4.78 is 5.24. The molecule has 0 saturated carbocycles. The number of aromatic nitrogens is 1. The van der Waals surface area contributed by atoms with E-state index in [1.54, 1.807) is 19.5 Å². The monoisotopic (exact) mass is 225 g/mol. The fraction of sp³-hybridized carbons (Fsp3) is 0.133. The van der Waals surface area contributed by atoms with Crippen molar-refractivity contribution in [3.8, 4) is 5.75 Å². The molecular weight excluding hydrogens is 210 g/mol. The third-order valence-electron chi connectivity index (χ3n) is 2.48. The zero-order valence-corrected chi connectivity index (χ0v) is 10.1. The Bertz CT molecular complexity index is 518. The van der Waals surface area contributed by atoms with E-state index < -0.39 is 0 Å². The summed E-state index contributed by atoms with van der Waals surface area (Å²) in [5, 5.41) is 0. The molecule has 0 aliphatic carbocycles. The van der Waals surface area contributed by atoms with E-state index in [1.165, 1.54) is 5.56 Å². The Labute approximate surface area is 102 Å². The van der Waals surface area contributed by atoms with E-state index in [4.69, 9.17) is 4.74 Å². The first-order valence-electron chi connectivity index (χ1n) is 5.52. The molecule has 2 rings (SSSR count). The van der Waals surface area contributed by atoms with Crippen molar-refractivity contribution >= 4 is 12.2 Å². The van der Waals surface area contributed by atoms with Crippen molar-refractivity contribution in [1.29, 1.82) is 0 Å². The zero-order chi connectivity index (χ0) is 12.1. The van der Waals surface area contributed by atoms with Gasteiger partial charge in [-0.1, -0.05) is 18.2 Å². The lowest BCUT2D eigenvalue weighted by atomic mass is 10.1. The highest BCUT2D eigenvalue weighted by Gasteiger charge is 1.95. The van der Waals surface area contributed by atoms with Crippen molar-refractivity contribution in [3.05, 3.63) is 59.4 Å². The van der Waals surface area contributed by atoms with Crippen LogP contribution in [0, 0.1) is 6.92 Å². The van der Waals surface area contributed by atoms with E-state index in [2.05, 4.69) is 30.1 Å². The first kappa shape index (κ1) is 11.4. The van der Waals surface area contributed by atoms with Gasteiger partial charge in [0, 0.05) is 12.4 Å². The van der Waals surface area contributed by atoms with Crippen LogP contribution in [0.3, 0.4) is 0 Å². The van der Waals surface area contributed by atoms with Gasteiger partial charge in [-0.2, -0.15) is 0 Å². The molecule has 0 aliphatic rings. The summed E-state index contributed by atoms with van der Waals surface area (Å²) in [4.78, 5) is 3.99. The predicted molar refractivity (Wildman–Crippen MR) is 70.9 cm³/mol. The Kier molecular flexibility index (Phi) is 3.55. The summed E-state index contributed by atoms with van der Waals surface area (Å²) in [6.45, 7) is 2.06. The van der Waals surface area contributed by atoms with Crippen LogP contribution >= 0.6 is 0 Å². The fourth-order valence-electron chi connectivity index (χ4n) is 1.66. The van der Waals surface area contributed by atoms with E-state index in [0.29, 0.717) is 0 Å². The van der Waals surface area contributed by atoms with Gasteiger partial charge in [-0.25, -0.2) is 0 Å². The van der Waals surface area contributed by atoms with Crippen molar-refractivity contribution in [2.45, 2.75) is 6.92 Å². The van der Waals surface area contributed by atoms with Crippen LogP contribution in [-0.4, -0.2) is 12.1 Å². The number of methoxy groups -OCH3 is 1. The van der Waals surface area contributed by atoms with E-state index in [9.17, 15) is 0 Å². The van der Waals surface area contributed by atoms with Crippen molar-refractivity contribution in [3.63, 3.8) is 0 Å². The standard InChI is InChI=1S/C15H15NO/c1-12-9-14(11-15(10-12)17-2)4-3-13-5-7-16-8-6-13/h3-11H,1-2H3/b4-3-. The molecule has 0 fully saturated rings. The number of aryl methyl sites for hydroxylation is 1. The van der Waals surface area contributed by atoms with Crippen LogP contribution in [-0.2, 0) is 0 Å². The maximum absolute atomic E-state index is 5.24. The largest absolute Gasteiger partial charge is 0.497 e. The third kappa shape index (κ3) is 3.18. The molecule has 0 amide bonds. The lowest BCUT2D eigenvalue weighted by molar-refractivity contribution is 0.414. The molecule has 2 aromatic rings. The molecule has 0 saturated heterocycles. The lowest BCUT2D eigenvalue weighted by Gasteiger charge is -2.03. The minimum Gasteiger partial charge on any atom is -0.497 e. The van der Waals surface area contributed by atoms with Crippen molar-refractivity contribution in [1.82, 2.24) is 4.98 Å². The zero-order valence-electron chi connectivity index (χ0n) is 10.1. The topological polar surface area (TPSA) is 22.1 Å². The van der Waals surface area contributed by atoms with E-state index >= 15 is 0 Å². The molecule has 0 unspecified atom stereocenters. The second-order valence-corrected chi connectivity index (χ2v) is 3.90. The molecule has 0 atom stereocenters. The Balaban J connectivity index is 2.24. The average molecular weight is 225 g/mol. The van der Waals surface area contributed by atoms with Gasteiger partial charge in [0.05, 0.1) is 7.11 Å². The van der Waals surface area contributed by atoms with Gasteiger partial charge in [-0.05, 0) is 47.9 Å². The molecular formula is C15H15NO. The van der Waals surface area contributed by atoms with Crippen LogP contribution in [0.15, 0.2) is 42.7 Å². The Morgan fingerprint density at radius 1 is 1.00 bits per heavy atom. The van der Waals surface area contributed by atoms with Crippen molar-refractivity contribution in [2.75, 3.05) is 7.11 Å². The second kappa shape index (κ2) is 5.30. The maximum Gasteiger partial charge on any atom is 0.119 e. The number of benzene rings is 1. The molecule has 0 spiro atoms. The van der Waals surface area contributed by atoms with Gasteiger partial charge in [0.2, 0.25) is 0 Å². The van der Waals surface area contributed by atoms with Gasteiger partial charge in [-0.15, -0.1) is 0 Å². The number of rotatable bonds is 3. The van der Waals surface area contributed by atoms with E-state index in [-0.39, 0.29) is 0 Å². The molecule has 0 bridgehead atoms. The van der Waals surface area contributed by atoms with Gasteiger partial charge in [0.25, 0.3) is 0 Å². The van der Waals surface area contributed by atoms with Gasteiger partial charge in [0.15, 0.2) is 0 Å². The first-order valence-corrected chi connectivity index (χ1v) is 5.52. The molecule has 0 radical (unpaired) electrons. The van der Waals surface area contributed by atoms with E-state index in [1.807, 2.05) is 24.3 Å². The highest BCUT2D eigenvalue weighted by atomic mass is 16.5. The van der Waals surface area contributed by atoms with Gasteiger partial charge >= 0.3 is 0 Å². The number of pyridine rings is 1. The smallest absolute Gasteiger partial charge is 0.119 e. The van der Waals surface area contributed by atoms with Gasteiger partial charge in [-0.3, -0.25) is 4.98 Å².